The molecule has 2 amide bonds. The molecule has 152 valence electrons. The number of nitrogens with one attached hydrogen (secondary N) is 2. The molecule has 0 unspecified atom stereocenters. The summed E-state index contributed by atoms with van der Waals surface area (Å²) in [6, 6.07) is -0.974. The number of hydrogen-bond acceptors (Lipinski definition) is 10. The van der Waals surface area contributed by atoms with E-state index in [-0.39, 0.29) is 41.0 Å². The number of β-lactam (4-membered cyclic amide) rings is 1. The number of aromatic nitrogens is 3. The van der Waals surface area contributed by atoms with Crippen molar-refractivity contribution >= 4 is 51.1 Å². The molecule has 0 saturated carbocycles. The van der Waals surface area contributed by atoms with Gasteiger partial charge in [0.2, 0.25) is 11.1 Å². The zero-order valence-corrected chi connectivity index (χ0v) is 20.2. The molecule has 0 aliphatic carbocycles. The SMILES string of the molecule is Cc1nc(SCC2=C(C(=O)[O-])N3C(=O)[C@@H](NC(=O)CS(C)(=O)=O)[C@H]3SC2)n[nH]1.[Na+]. The predicted molar refractivity (Wildman–Crippen MR) is 98.6 cm³/mol. The summed E-state index contributed by atoms with van der Waals surface area (Å²) in [5.74, 6) is -2.45. The van der Waals surface area contributed by atoms with Gasteiger partial charge in [-0.3, -0.25) is 19.6 Å². The van der Waals surface area contributed by atoms with Crippen LogP contribution in [0.15, 0.2) is 16.4 Å². The number of carbonyl (C=O) groups excluding carboxylic acids is 3. The number of aliphatic carboxylic acids is 1. The van der Waals surface area contributed by atoms with Gasteiger partial charge in [-0.2, -0.15) is 0 Å². The maximum absolute atomic E-state index is 12.4. The number of carboxylic acid groups (broad SMARTS) is 1. The molecular formula is C14H16N5NaO6S3. The number of rotatable bonds is 7. The van der Waals surface area contributed by atoms with Gasteiger partial charge in [-0.25, -0.2) is 13.4 Å². The van der Waals surface area contributed by atoms with E-state index in [9.17, 15) is 27.9 Å². The first-order chi connectivity index (χ1) is 13.1. The summed E-state index contributed by atoms with van der Waals surface area (Å²) in [6.45, 7) is 1.74. The monoisotopic (exact) mass is 469 g/mol. The molecule has 2 atom stereocenters. The number of fused-ring (bicyclic) bond motifs is 1. The van der Waals surface area contributed by atoms with E-state index in [2.05, 4.69) is 20.5 Å². The largest absolute Gasteiger partial charge is 1.00 e. The van der Waals surface area contributed by atoms with Gasteiger partial charge in [-0.1, -0.05) is 11.8 Å². The van der Waals surface area contributed by atoms with E-state index in [1.807, 2.05) is 0 Å². The number of carboxylic acids is 1. The molecule has 3 heterocycles. The van der Waals surface area contributed by atoms with Crippen molar-refractivity contribution in [1.82, 2.24) is 25.4 Å². The first-order valence-electron chi connectivity index (χ1n) is 7.94. The Morgan fingerprint density at radius 1 is 1.45 bits per heavy atom. The van der Waals surface area contributed by atoms with E-state index in [1.54, 1.807) is 6.92 Å². The third kappa shape index (κ3) is 5.55. The summed E-state index contributed by atoms with van der Waals surface area (Å²) >= 11 is 2.51. The van der Waals surface area contributed by atoms with E-state index in [1.165, 1.54) is 23.5 Å². The zero-order chi connectivity index (χ0) is 20.6. The van der Waals surface area contributed by atoms with Gasteiger partial charge in [0, 0.05) is 17.8 Å². The molecule has 3 rings (SSSR count). The average Bonchev–Trinajstić information content (AvgIpc) is 3.00. The van der Waals surface area contributed by atoms with Gasteiger partial charge >= 0.3 is 29.6 Å². The number of hydrogen-bond donors (Lipinski definition) is 2. The number of carbonyl (C=O) groups is 3. The van der Waals surface area contributed by atoms with Gasteiger partial charge in [0.05, 0.1) is 11.7 Å². The van der Waals surface area contributed by atoms with Crippen LogP contribution < -0.4 is 40.0 Å². The number of thioether (sulfide) groups is 2. The van der Waals surface area contributed by atoms with Crippen LogP contribution in [-0.4, -0.2) is 81.2 Å². The smallest absolute Gasteiger partial charge is 0.543 e. The number of nitrogens with zero attached hydrogens (tertiary/aromatic N) is 3. The van der Waals surface area contributed by atoms with Crippen LogP contribution in [0, 0.1) is 6.92 Å². The Labute approximate surface area is 197 Å². The molecule has 29 heavy (non-hydrogen) atoms. The third-order valence-electron chi connectivity index (χ3n) is 3.90. The maximum Gasteiger partial charge on any atom is 1.00 e. The number of aryl methyl sites for hydroxylation is 1. The van der Waals surface area contributed by atoms with Gasteiger partial charge in [-0.05, 0) is 12.5 Å². The summed E-state index contributed by atoms with van der Waals surface area (Å²) in [7, 11) is -3.54. The van der Waals surface area contributed by atoms with Crippen molar-refractivity contribution in [1.29, 1.82) is 0 Å². The van der Waals surface area contributed by atoms with E-state index in [0.717, 1.165) is 11.2 Å². The van der Waals surface area contributed by atoms with Crippen molar-refractivity contribution in [3.05, 3.63) is 17.1 Å². The fraction of sp³-hybridized carbons (Fsp3) is 0.500. The Kier molecular flexibility index (Phi) is 7.84. The van der Waals surface area contributed by atoms with Gasteiger partial charge in [0.15, 0.2) is 9.84 Å². The van der Waals surface area contributed by atoms with Crippen LogP contribution in [0.1, 0.15) is 5.82 Å². The summed E-state index contributed by atoms with van der Waals surface area (Å²) in [5.41, 5.74) is 0.269. The first-order valence-corrected chi connectivity index (χ1v) is 12.0. The van der Waals surface area contributed by atoms with Crippen LogP contribution in [-0.2, 0) is 24.2 Å². The molecule has 1 aromatic heterocycles. The molecule has 1 fully saturated rings. The Morgan fingerprint density at radius 2 is 2.14 bits per heavy atom. The van der Waals surface area contributed by atoms with Crippen molar-refractivity contribution in [2.75, 3.05) is 23.5 Å². The second kappa shape index (κ2) is 9.39. The van der Waals surface area contributed by atoms with Gasteiger partial charge < -0.3 is 15.2 Å². The van der Waals surface area contributed by atoms with E-state index in [0.29, 0.717) is 22.3 Å². The number of amides is 2. The van der Waals surface area contributed by atoms with Crippen LogP contribution >= 0.6 is 23.5 Å². The first kappa shape index (κ1) is 24.2. The number of H-pyrrole nitrogens is 1. The normalized spacial score (nSPS) is 21.2. The van der Waals surface area contributed by atoms with E-state index >= 15 is 0 Å². The molecular weight excluding hydrogens is 453 g/mol. The van der Waals surface area contributed by atoms with Crippen molar-refractivity contribution in [3.8, 4) is 0 Å². The van der Waals surface area contributed by atoms with Gasteiger partial charge in [-0.15, -0.1) is 16.9 Å². The molecule has 15 heteroatoms. The van der Waals surface area contributed by atoms with Gasteiger partial charge in [0.1, 0.15) is 23.0 Å². The topological polar surface area (TPSA) is 165 Å². The van der Waals surface area contributed by atoms with Crippen molar-refractivity contribution in [3.63, 3.8) is 0 Å². The minimum absolute atomic E-state index is 0. The van der Waals surface area contributed by atoms with E-state index < -0.39 is 44.8 Å². The third-order valence-corrected chi connectivity index (χ3v) is 6.96. The minimum Gasteiger partial charge on any atom is -0.543 e. The maximum atomic E-state index is 12.4. The Bertz CT molecular complexity index is 978. The van der Waals surface area contributed by atoms with Crippen LogP contribution in [0.4, 0.5) is 0 Å². The molecule has 0 bridgehead atoms. The van der Waals surface area contributed by atoms with Crippen molar-refractivity contribution in [2.45, 2.75) is 23.5 Å². The second-order valence-corrected chi connectivity index (χ2v) is 10.4. The number of sulfone groups is 1. The average molecular weight is 470 g/mol. The Hall–Kier alpha value is -1.06. The molecule has 0 aromatic carbocycles. The van der Waals surface area contributed by atoms with Crippen molar-refractivity contribution in [2.24, 2.45) is 0 Å². The summed E-state index contributed by atoms with van der Waals surface area (Å²) in [4.78, 5) is 41.1. The van der Waals surface area contributed by atoms with Crippen LogP contribution in [0.3, 0.4) is 0 Å². The molecule has 11 nitrogen and oxygen atoms in total. The Morgan fingerprint density at radius 3 is 2.69 bits per heavy atom. The minimum atomic E-state index is -3.54. The quantitative estimate of drug-likeness (QED) is 0.224. The molecule has 2 N–H and O–H groups in total. The molecule has 1 aromatic rings. The summed E-state index contributed by atoms with van der Waals surface area (Å²) < 4.78 is 22.4. The number of aromatic amines is 1. The van der Waals surface area contributed by atoms with Gasteiger partial charge in [0.25, 0.3) is 5.91 Å². The zero-order valence-electron chi connectivity index (χ0n) is 15.8. The second-order valence-electron chi connectivity index (χ2n) is 6.26. The summed E-state index contributed by atoms with van der Waals surface area (Å²) in [6.07, 6.45) is 0.910. The fourth-order valence-electron chi connectivity index (χ4n) is 2.77. The van der Waals surface area contributed by atoms with Crippen LogP contribution in [0.5, 0.6) is 0 Å². The van der Waals surface area contributed by atoms with Crippen molar-refractivity contribution < 1.29 is 57.5 Å². The summed E-state index contributed by atoms with van der Waals surface area (Å²) in [5, 5.41) is 20.5. The fourth-order valence-corrected chi connectivity index (χ4v) is 5.66. The molecule has 0 spiro atoms. The van der Waals surface area contributed by atoms with Crippen LogP contribution in [0.25, 0.3) is 0 Å². The Balaban J connectivity index is 0.00000300. The molecule has 1 saturated heterocycles. The molecule has 2 aliphatic rings. The van der Waals surface area contributed by atoms with Crippen LogP contribution in [0.2, 0.25) is 0 Å². The molecule has 0 radical (unpaired) electrons. The standard InChI is InChI=1S/C14H17N5O6S3.Na/c1-6-15-14(18-17-6)27-4-7-3-26-12-9(16-8(20)5-28(2,24)25)11(21)19(12)10(7)13(22)23;/h9,12H,3-5H2,1-2H3,(H,16,20)(H,22,23)(H,15,17,18);/q;+1/p-1/t9-,12-;/m1./s1. The molecule has 2 aliphatic heterocycles. The predicted octanol–water partition coefficient (Wildman–Crippen LogP) is -5.34. The van der Waals surface area contributed by atoms with E-state index in [4.69, 9.17) is 0 Å².